The molecular weight excluding hydrogens is 312 g/mol. The van der Waals surface area contributed by atoms with E-state index in [1.165, 1.54) is 17.7 Å². The molecule has 1 atom stereocenters. The van der Waals surface area contributed by atoms with Crippen LogP contribution in [0.2, 0.25) is 0 Å². The van der Waals surface area contributed by atoms with Gasteiger partial charge < -0.3 is 4.74 Å². The molecule has 0 radical (unpaired) electrons. The Balaban J connectivity index is 1.76. The molecule has 24 heavy (non-hydrogen) atoms. The molecule has 0 aliphatic carbocycles. The number of ether oxygens (including phenoxy) is 1. The van der Waals surface area contributed by atoms with Crippen molar-refractivity contribution in [3.05, 3.63) is 44.2 Å². The van der Waals surface area contributed by atoms with E-state index in [1.54, 1.807) is 7.05 Å². The average Bonchev–Trinajstić information content (AvgIpc) is 3.07. The summed E-state index contributed by atoms with van der Waals surface area (Å²) < 4.78 is 8.38. The fraction of sp³-hybridized carbons (Fsp3) is 0.600. The van der Waals surface area contributed by atoms with Crippen molar-refractivity contribution >= 4 is 0 Å². The third-order valence-electron chi connectivity index (χ3n) is 4.33. The zero-order valence-electron chi connectivity index (χ0n) is 14.2. The lowest BCUT2D eigenvalue weighted by molar-refractivity contribution is -0.0377. The summed E-state index contributed by atoms with van der Waals surface area (Å²) in [6, 6.07) is 1.51. The molecule has 0 amide bonds. The van der Waals surface area contributed by atoms with Gasteiger partial charge in [0.25, 0.3) is 5.56 Å². The summed E-state index contributed by atoms with van der Waals surface area (Å²) in [5.41, 5.74) is 0.0799. The van der Waals surface area contributed by atoms with Gasteiger partial charge in [0.2, 0.25) is 0 Å². The number of aryl methyl sites for hydroxylation is 1. The molecule has 0 spiro atoms. The van der Waals surface area contributed by atoms with Crippen LogP contribution in [0.25, 0.3) is 0 Å². The molecule has 1 N–H and O–H groups in total. The molecule has 1 aliphatic rings. The first kappa shape index (κ1) is 16.6. The largest absolute Gasteiger partial charge is 0.367 e. The number of nitrogens with one attached hydrogen (secondary N) is 1. The lowest BCUT2D eigenvalue weighted by atomic mass is 10.2. The first-order valence-corrected chi connectivity index (χ1v) is 8.00. The van der Waals surface area contributed by atoms with Crippen LogP contribution in [-0.2, 0) is 31.8 Å². The Morgan fingerprint density at radius 3 is 2.83 bits per heavy atom. The Bertz CT molecular complexity index is 836. The van der Waals surface area contributed by atoms with Gasteiger partial charge in [-0.3, -0.25) is 23.9 Å². The van der Waals surface area contributed by atoms with Gasteiger partial charge in [0.1, 0.15) is 11.9 Å². The van der Waals surface area contributed by atoms with E-state index in [-0.39, 0.29) is 17.4 Å². The summed E-state index contributed by atoms with van der Waals surface area (Å²) in [5, 5.41) is 7.11. The van der Waals surface area contributed by atoms with Gasteiger partial charge in [-0.05, 0) is 0 Å². The summed E-state index contributed by atoms with van der Waals surface area (Å²) in [6.07, 6.45) is 0.581. The highest BCUT2D eigenvalue weighted by Gasteiger charge is 2.26. The van der Waals surface area contributed by atoms with E-state index >= 15 is 0 Å². The molecule has 1 fully saturated rings. The minimum Gasteiger partial charge on any atom is -0.367 e. The zero-order valence-corrected chi connectivity index (χ0v) is 14.2. The van der Waals surface area contributed by atoms with Crippen LogP contribution in [0.3, 0.4) is 0 Å². The number of nitrogens with zero attached hydrogens (tertiary/aromatic N) is 5. The zero-order chi connectivity index (χ0) is 17.3. The summed E-state index contributed by atoms with van der Waals surface area (Å²) >= 11 is 0. The van der Waals surface area contributed by atoms with Crippen molar-refractivity contribution in [1.29, 1.82) is 0 Å². The Morgan fingerprint density at radius 1 is 1.33 bits per heavy atom. The molecule has 2 aromatic rings. The summed E-state index contributed by atoms with van der Waals surface area (Å²) in [7, 11) is 3.16. The van der Waals surface area contributed by atoms with Crippen molar-refractivity contribution in [3.63, 3.8) is 0 Å². The maximum absolute atomic E-state index is 12.0. The molecule has 130 valence electrons. The molecule has 2 aromatic heterocycles. The van der Waals surface area contributed by atoms with Crippen LogP contribution in [-0.4, -0.2) is 48.9 Å². The minimum atomic E-state index is -0.316. The highest BCUT2D eigenvalue weighted by Crippen LogP contribution is 2.20. The third-order valence-corrected chi connectivity index (χ3v) is 4.33. The lowest BCUT2D eigenvalue weighted by Crippen LogP contribution is -2.42. The number of rotatable bonds is 4. The van der Waals surface area contributed by atoms with Gasteiger partial charge in [0, 0.05) is 51.9 Å². The SMILES string of the molecule is CCc1nc([C@H]2CN(Cc3cc(=O)n(C)c(=O)n3C)CCO2)n[nH]1. The number of hydrogen-bond donors (Lipinski definition) is 1. The molecule has 9 nitrogen and oxygen atoms in total. The van der Waals surface area contributed by atoms with Gasteiger partial charge in [-0.2, -0.15) is 5.10 Å². The summed E-state index contributed by atoms with van der Waals surface area (Å²) in [5.74, 6) is 1.48. The van der Waals surface area contributed by atoms with Crippen LogP contribution < -0.4 is 11.2 Å². The number of H-pyrrole nitrogens is 1. The molecule has 0 unspecified atom stereocenters. The van der Waals surface area contributed by atoms with Crippen molar-refractivity contribution in [1.82, 2.24) is 29.2 Å². The van der Waals surface area contributed by atoms with E-state index in [0.29, 0.717) is 31.2 Å². The molecule has 1 aliphatic heterocycles. The van der Waals surface area contributed by atoms with Gasteiger partial charge in [-0.1, -0.05) is 6.92 Å². The van der Waals surface area contributed by atoms with Crippen molar-refractivity contribution in [2.45, 2.75) is 26.0 Å². The maximum atomic E-state index is 12.0. The molecule has 3 rings (SSSR count). The van der Waals surface area contributed by atoms with Gasteiger partial charge >= 0.3 is 5.69 Å². The normalized spacial score (nSPS) is 18.9. The Kier molecular flexibility index (Phi) is 4.63. The quantitative estimate of drug-likeness (QED) is 0.797. The van der Waals surface area contributed by atoms with Crippen molar-refractivity contribution in [2.24, 2.45) is 14.1 Å². The Morgan fingerprint density at radius 2 is 2.12 bits per heavy atom. The minimum absolute atomic E-state index is 0.209. The molecule has 1 saturated heterocycles. The van der Waals surface area contributed by atoms with E-state index in [4.69, 9.17) is 4.74 Å². The van der Waals surface area contributed by atoms with E-state index in [9.17, 15) is 9.59 Å². The van der Waals surface area contributed by atoms with Gasteiger partial charge in [0.05, 0.1) is 6.61 Å². The third kappa shape index (κ3) is 3.17. The van der Waals surface area contributed by atoms with E-state index in [0.717, 1.165) is 23.4 Å². The highest BCUT2D eigenvalue weighted by molar-refractivity contribution is 5.03. The first-order chi connectivity index (χ1) is 11.5. The number of morpholine rings is 1. The lowest BCUT2D eigenvalue weighted by Gasteiger charge is -2.31. The number of aromatic nitrogens is 5. The predicted octanol–water partition coefficient (Wildman–Crippen LogP) is -0.662. The van der Waals surface area contributed by atoms with E-state index < -0.39 is 0 Å². The summed E-state index contributed by atoms with van der Waals surface area (Å²) in [6.45, 7) is 4.41. The highest BCUT2D eigenvalue weighted by atomic mass is 16.5. The van der Waals surface area contributed by atoms with Crippen LogP contribution >= 0.6 is 0 Å². The van der Waals surface area contributed by atoms with Crippen molar-refractivity contribution in [2.75, 3.05) is 19.7 Å². The predicted molar refractivity (Wildman–Crippen MR) is 86.7 cm³/mol. The summed E-state index contributed by atoms with van der Waals surface area (Å²) in [4.78, 5) is 30.5. The maximum Gasteiger partial charge on any atom is 0.330 e. The Hall–Kier alpha value is -2.26. The van der Waals surface area contributed by atoms with Crippen molar-refractivity contribution in [3.8, 4) is 0 Å². The second-order valence-electron chi connectivity index (χ2n) is 5.96. The van der Waals surface area contributed by atoms with Crippen LogP contribution in [0.5, 0.6) is 0 Å². The van der Waals surface area contributed by atoms with Crippen LogP contribution in [0.4, 0.5) is 0 Å². The topological polar surface area (TPSA) is 98.0 Å². The second-order valence-corrected chi connectivity index (χ2v) is 5.96. The molecule has 0 saturated carbocycles. The van der Waals surface area contributed by atoms with E-state index in [1.807, 2.05) is 6.92 Å². The molecular formula is C15H22N6O3. The van der Waals surface area contributed by atoms with Crippen molar-refractivity contribution < 1.29 is 4.74 Å². The van der Waals surface area contributed by atoms with Crippen LogP contribution in [0.1, 0.15) is 30.4 Å². The van der Waals surface area contributed by atoms with Crippen LogP contribution in [0, 0.1) is 0 Å². The average molecular weight is 334 g/mol. The fourth-order valence-corrected chi connectivity index (χ4v) is 2.77. The van der Waals surface area contributed by atoms with Gasteiger partial charge in [-0.15, -0.1) is 0 Å². The standard InChI is InChI=1S/C15H22N6O3/c1-4-12-16-14(18-17-12)11-9-21(5-6-24-11)8-10-7-13(22)20(3)15(23)19(10)2/h7,11H,4-6,8-9H2,1-3H3,(H,16,17,18)/t11-/m1/s1. The number of hydrogen-bond acceptors (Lipinski definition) is 6. The molecule has 0 bridgehead atoms. The van der Waals surface area contributed by atoms with E-state index in [2.05, 4.69) is 20.1 Å². The Labute approximate surface area is 138 Å². The van der Waals surface area contributed by atoms with Gasteiger partial charge in [-0.25, -0.2) is 9.78 Å². The number of aromatic amines is 1. The van der Waals surface area contributed by atoms with Crippen LogP contribution in [0.15, 0.2) is 15.7 Å². The smallest absolute Gasteiger partial charge is 0.330 e. The molecule has 0 aromatic carbocycles. The fourth-order valence-electron chi connectivity index (χ4n) is 2.77. The van der Waals surface area contributed by atoms with Gasteiger partial charge in [0.15, 0.2) is 5.82 Å². The molecule has 3 heterocycles. The molecule has 9 heteroatoms. The first-order valence-electron chi connectivity index (χ1n) is 8.00. The monoisotopic (exact) mass is 334 g/mol. The second kappa shape index (κ2) is 6.70.